The van der Waals surface area contributed by atoms with Crippen molar-refractivity contribution in [2.45, 2.75) is 26.2 Å². The van der Waals surface area contributed by atoms with Crippen LogP contribution in [-0.4, -0.2) is 47.0 Å². The number of fused-ring (bicyclic) bond motifs is 1. The highest BCUT2D eigenvalue weighted by Gasteiger charge is 2.24. The fraction of sp³-hybridized carbons (Fsp3) is 0.381. The molecule has 0 aliphatic carbocycles. The number of nitrogens with zero attached hydrogens (tertiary/aromatic N) is 4. The van der Waals surface area contributed by atoms with Crippen LogP contribution in [0.25, 0.3) is 10.2 Å². The number of carbonyl (C=O) groups is 1. The van der Waals surface area contributed by atoms with Gasteiger partial charge in [-0.3, -0.25) is 4.79 Å². The van der Waals surface area contributed by atoms with Crippen LogP contribution < -0.4 is 4.90 Å². The summed E-state index contributed by atoms with van der Waals surface area (Å²) in [7, 11) is 0. The molecule has 0 unspecified atom stereocenters. The quantitative estimate of drug-likeness (QED) is 0.692. The summed E-state index contributed by atoms with van der Waals surface area (Å²) in [6.07, 6.45) is 2.13. The summed E-state index contributed by atoms with van der Waals surface area (Å²) in [4.78, 5) is 28.2. The first-order valence-corrected chi connectivity index (χ1v) is 10.2. The van der Waals surface area contributed by atoms with E-state index in [-0.39, 0.29) is 5.91 Å². The Morgan fingerprint density at radius 1 is 1.11 bits per heavy atom. The SMILES string of the molecule is CC(C)c1cc2c(N3CCN(C(=O)Cc4ccccc4)CC3)ncnc2s1. The molecule has 3 heterocycles. The molecule has 0 spiro atoms. The second-order valence-corrected chi connectivity index (χ2v) is 8.31. The molecule has 1 fully saturated rings. The number of anilines is 1. The van der Waals surface area contributed by atoms with Gasteiger partial charge in [-0.1, -0.05) is 44.2 Å². The van der Waals surface area contributed by atoms with Gasteiger partial charge in [0, 0.05) is 31.1 Å². The second-order valence-electron chi connectivity index (χ2n) is 7.25. The van der Waals surface area contributed by atoms with Gasteiger partial charge >= 0.3 is 0 Å². The third kappa shape index (κ3) is 3.81. The van der Waals surface area contributed by atoms with Crippen molar-refractivity contribution in [3.63, 3.8) is 0 Å². The lowest BCUT2D eigenvalue weighted by atomic mass is 10.1. The largest absolute Gasteiger partial charge is 0.352 e. The summed E-state index contributed by atoms with van der Waals surface area (Å²) in [6, 6.07) is 12.2. The smallest absolute Gasteiger partial charge is 0.227 e. The molecule has 27 heavy (non-hydrogen) atoms. The lowest BCUT2D eigenvalue weighted by Gasteiger charge is -2.35. The van der Waals surface area contributed by atoms with Gasteiger partial charge in [-0.25, -0.2) is 9.97 Å². The van der Waals surface area contributed by atoms with E-state index in [9.17, 15) is 4.79 Å². The van der Waals surface area contributed by atoms with Crippen molar-refractivity contribution in [1.29, 1.82) is 0 Å². The first-order valence-electron chi connectivity index (χ1n) is 9.43. The molecule has 0 bridgehead atoms. The minimum Gasteiger partial charge on any atom is -0.352 e. The zero-order chi connectivity index (χ0) is 18.8. The van der Waals surface area contributed by atoms with Gasteiger partial charge in [0.25, 0.3) is 0 Å². The molecule has 2 aromatic heterocycles. The predicted molar refractivity (Wildman–Crippen MR) is 110 cm³/mol. The zero-order valence-electron chi connectivity index (χ0n) is 15.8. The lowest BCUT2D eigenvalue weighted by molar-refractivity contribution is -0.130. The van der Waals surface area contributed by atoms with Crippen LogP contribution in [0, 0.1) is 0 Å². The van der Waals surface area contributed by atoms with Crippen molar-refractivity contribution in [2.24, 2.45) is 0 Å². The minimum absolute atomic E-state index is 0.200. The van der Waals surface area contributed by atoms with E-state index in [1.54, 1.807) is 17.7 Å². The maximum absolute atomic E-state index is 12.6. The topological polar surface area (TPSA) is 49.3 Å². The number of piperazine rings is 1. The molecular weight excluding hydrogens is 356 g/mol. The Bertz CT molecular complexity index is 930. The van der Waals surface area contributed by atoms with Gasteiger partial charge in [-0.15, -0.1) is 11.3 Å². The number of aromatic nitrogens is 2. The Kier molecular flexibility index (Phi) is 5.07. The number of rotatable bonds is 4. The van der Waals surface area contributed by atoms with Gasteiger partial charge in [0.2, 0.25) is 5.91 Å². The molecule has 0 saturated carbocycles. The van der Waals surface area contributed by atoms with Crippen molar-refractivity contribution >= 4 is 33.3 Å². The van der Waals surface area contributed by atoms with E-state index >= 15 is 0 Å². The Balaban J connectivity index is 1.45. The summed E-state index contributed by atoms with van der Waals surface area (Å²) in [5.41, 5.74) is 1.07. The molecule has 3 aromatic rings. The predicted octanol–water partition coefficient (Wildman–Crippen LogP) is 3.71. The Hall–Kier alpha value is -2.47. The molecule has 6 heteroatoms. The maximum Gasteiger partial charge on any atom is 0.227 e. The maximum atomic E-state index is 12.6. The van der Waals surface area contributed by atoms with E-state index in [1.165, 1.54) is 4.88 Å². The van der Waals surface area contributed by atoms with Crippen LogP contribution in [0.15, 0.2) is 42.7 Å². The molecule has 0 radical (unpaired) electrons. The highest BCUT2D eigenvalue weighted by Crippen LogP contribution is 2.34. The lowest BCUT2D eigenvalue weighted by Crippen LogP contribution is -2.49. The van der Waals surface area contributed by atoms with Gasteiger partial charge in [0.15, 0.2) is 0 Å². The third-order valence-corrected chi connectivity index (χ3v) is 6.37. The van der Waals surface area contributed by atoms with E-state index in [0.717, 1.165) is 47.8 Å². The van der Waals surface area contributed by atoms with Crippen LogP contribution in [0.5, 0.6) is 0 Å². The summed E-state index contributed by atoms with van der Waals surface area (Å²) in [6.45, 7) is 7.49. The second kappa shape index (κ2) is 7.64. The molecule has 1 aliphatic heterocycles. The Labute approximate surface area is 163 Å². The molecule has 140 valence electrons. The van der Waals surface area contributed by atoms with Crippen molar-refractivity contribution in [3.05, 3.63) is 53.2 Å². The first kappa shape index (κ1) is 17.9. The van der Waals surface area contributed by atoms with Crippen molar-refractivity contribution in [1.82, 2.24) is 14.9 Å². The summed E-state index contributed by atoms with van der Waals surface area (Å²) < 4.78 is 0. The number of carbonyl (C=O) groups excluding carboxylic acids is 1. The number of amides is 1. The van der Waals surface area contributed by atoms with Crippen molar-refractivity contribution in [2.75, 3.05) is 31.1 Å². The minimum atomic E-state index is 0.200. The van der Waals surface area contributed by atoms with E-state index in [2.05, 4.69) is 34.8 Å². The summed E-state index contributed by atoms with van der Waals surface area (Å²) >= 11 is 1.75. The molecule has 1 amide bonds. The number of benzene rings is 1. The van der Waals surface area contributed by atoms with E-state index in [4.69, 9.17) is 0 Å². The highest BCUT2D eigenvalue weighted by molar-refractivity contribution is 7.18. The number of hydrogen-bond donors (Lipinski definition) is 0. The normalized spacial score (nSPS) is 14.9. The van der Waals surface area contributed by atoms with E-state index in [0.29, 0.717) is 12.3 Å². The fourth-order valence-corrected chi connectivity index (χ4v) is 4.44. The molecule has 4 rings (SSSR count). The molecule has 0 N–H and O–H groups in total. The number of thiophene rings is 1. The Morgan fingerprint density at radius 3 is 2.56 bits per heavy atom. The van der Waals surface area contributed by atoms with Crippen molar-refractivity contribution in [3.8, 4) is 0 Å². The first-order chi connectivity index (χ1) is 13.1. The molecular formula is C21H24N4OS. The summed E-state index contributed by atoms with van der Waals surface area (Å²) in [5.74, 6) is 1.69. The molecule has 1 saturated heterocycles. The van der Waals surface area contributed by atoms with Gasteiger partial charge in [-0.2, -0.15) is 0 Å². The van der Waals surface area contributed by atoms with Crippen molar-refractivity contribution < 1.29 is 4.79 Å². The molecule has 1 aliphatic rings. The Morgan fingerprint density at radius 2 is 1.85 bits per heavy atom. The molecule has 1 aromatic carbocycles. The van der Waals surface area contributed by atoms with Crippen LogP contribution >= 0.6 is 11.3 Å². The van der Waals surface area contributed by atoms with Gasteiger partial charge in [-0.05, 0) is 17.5 Å². The number of hydrogen-bond acceptors (Lipinski definition) is 5. The van der Waals surface area contributed by atoms with Crippen LogP contribution in [0.3, 0.4) is 0 Å². The van der Waals surface area contributed by atoms with Crippen LogP contribution in [0.4, 0.5) is 5.82 Å². The van der Waals surface area contributed by atoms with E-state index in [1.807, 2.05) is 35.2 Å². The van der Waals surface area contributed by atoms with Crippen LogP contribution in [0.2, 0.25) is 0 Å². The van der Waals surface area contributed by atoms with Gasteiger partial charge in [0.05, 0.1) is 11.8 Å². The molecule has 0 atom stereocenters. The zero-order valence-corrected chi connectivity index (χ0v) is 16.6. The standard InChI is InChI=1S/C21H24N4OS/c1-15(2)18-13-17-20(22-14-23-21(17)27-18)25-10-8-24(9-11-25)19(26)12-16-6-4-3-5-7-16/h3-7,13-15H,8-12H2,1-2H3. The van der Waals surface area contributed by atoms with Crippen LogP contribution in [0.1, 0.15) is 30.2 Å². The van der Waals surface area contributed by atoms with Gasteiger partial charge in [0.1, 0.15) is 17.0 Å². The highest BCUT2D eigenvalue weighted by atomic mass is 32.1. The average Bonchev–Trinajstić information content (AvgIpc) is 3.14. The molecule has 5 nitrogen and oxygen atoms in total. The van der Waals surface area contributed by atoms with Crippen LogP contribution in [-0.2, 0) is 11.2 Å². The average molecular weight is 381 g/mol. The fourth-order valence-electron chi connectivity index (χ4n) is 3.45. The van der Waals surface area contributed by atoms with Gasteiger partial charge < -0.3 is 9.80 Å². The summed E-state index contributed by atoms with van der Waals surface area (Å²) in [5, 5.41) is 1.13. The third-order valence-electron chi connectivity index (χ3n) is 5.03. The monoisotopic (exact) mass is 380 g/mol. The van der Waals surface area contributed by atoms with E-state index < -0.39 is 0 Å².